The highest BCUT2D eigenvalue weighted by Gasteiger charge is 2.41. The van der Waals surface area contributed by atoms with E-state index >= 15 is 0 Å². The molecule has 0 saturated heterocycles. The highest BCUT2D eigenvalue weighted by molar-refractivity contribution is 6.21. The SMILES string of the molecule is CCCCCC(O)c1ccc([C@@H]2[C@@H](C/C=C\CCCC(=O)OC(C)C)[C@@H](Cl)C[C@H]2O)cc1. The van der Waals surface area contributed by atoms with Crippen LogP contribution in [0.2, 0.25) is 0 Å². The van der Waals surface area contributed by atoms with Gasteiger partial charge in [0.15, 0.2) is 0 Å². The van der Waals surface area contributed by atoms with Gasteiger partial charge in [-0.3, -0.25) is 4.79 Å². The largest absolute Gasteiger partial charge is 0.463 e. The number of unbranched alkanes of at least 4 members (excludes halogenated alkanes) is 3. The van der Waals surface area contributed by atoms with Gasteiger partial charge in [0.05, 0.1) is 18.3 Å². The molecule has 1 aromatic carbocycles. The molecule has 1 saturated carbocycles. The molecular formula is C27H41ClO4. The zero-order valence-corrected chi connectivity index (χ0v) is 20.6. The third-order valence-corrected chi connectivity index (χ3v) is 6.79. The van der Waals surface area contributed by atoms with Gasteiger partial charge in [-0.2, -0.15) is 0 Å². The summed E-state index contributed by atoms with van der Waals surface area (Å²) in [7, 11) is 0. The highest BCUT2D eigenvalue weighted by Crippen LogP contribution is 2.45. The van der Waals surface area contributed by atoms with E-state index in [9.17, 15) is 15.0 Å². The number of hydrogen-bond acceptors (Lipinski definition) is 4. The van der Waals surface area contributed by atoms with Crippen LogP contribution in [-0.2, 0) is 9.53 Å². The van der Waals surface area contributed by atoms with Gasteiger partial charge >= 0.3 is 5.97 Å². The molecule has 1 fully saturated rings. The lowest BCUT2D eigenvalue weighted by molar-refractivity contribution is -0.147. The lowest BCUT2D eigenvalue weighted by Crippen LogP contribution is -2.18. The Balaban J connectivity index is 1.89. The van der Waals surface area contributed by atoms with Crippen molar-refractivity contribution in [2.45, 2.75) is 108 Å². The third-order valence-electron chi connectivity index (χ3n) is 6.29. The first-order valence-electron chi connectivity index (χ1n) is 12.3. The van der Waals surface area contributed by atoms with Crippen LogP contribution < -0.4 is 0 Å². The molecular weight excluding hydrogens is 424 g/mol. The van der Waals surface area contributed by atoms with Crippen LogP contribution in [-0.4, -0.2) is 33.8 Å². The lowest BCUT2D eigenvalue weighted by Gasteiger charge is -2.23. The standard InChI is InChI=1S/C27H41ClO4/c1-4-5-8-12-24(29)20-14-16-21(17-15-20)27-22(23(28)18-25(27)30)11-9-6-7-10-13-26(31)32-19(2)3/h6,9,14-17,19,22-25,27,29-30H,4-5,7-8,10-13,18H2,1-3H3/b9-6-/t22-,23-,24?,25+,27+/m0/s1. The van der Waals surface area contributed by atoms with E-state index in [-0.39, 0.29) is 29.3 Å². The van der Waals surface area contributed by atoms with Crippen LogP contribution in [0.1, 0.15) is 102 Å². The molecule has 0 radical (unpaired) electrons. The van der Waals surface area contributed by atoms with Gasteiger partial charge < -0.3 is 14.9 Å². The second-order valence-corrected chi connectivity index (χ2v) is 9.89. The second kappa shape index (κ2) is 14.0. The average molecular weight is 465 g/mol. The van der Waals surface area contributed by atoms with Crippen molar-refractivity contribution in [3.05, 3.63) is 47.5 Å². The van der Waals surface area contributed by atoms with Crippen molar-refractivity contribution in [2.24, 2.45) is 5.92 Å². The first-order valence-corrected chi connectivity index (χ1v) is 12.7. The lowest BCUT2D eigenvalue weighted by atomic mass is 9.84. The van der Waals surface area contributed by atoms with Gasteiger partial charge in [0, 0.05) is 17.7 Å². The van der Waals surface area contributed by atoms with E-state index in [1.807, 2.05) is 38.1 Å². The molecule has 4 nitrogen and oxygen atoms in total. The number of esters is 1. The zero-order valence-electron chi connectivity index (χ0n) is 19.9. The first kappa shape index (κ1) is 26.9. The Morgan fingerprint density at radius 2 is 1.91 bits per heavy atom. The topological polar surface area (TPSA) is 66.8 Å². The number of aliphatic hydroxyl groups is 2. The van der Waals surface area contributed by atoms with Gasteiger partial charge in [0.25, 0.3) is 0 Å². The summed E-state index contributed by atoms with van der Waals surface area (Å²) >= 11 is 6.61. The van der Waals surface area contributed by atoms with E-state index in [2.05, 4.69) is 19.1 Å². The Bertz CT molecular complexity index is 700. The van der Waals surface area contributed by atoms with E-state index in [4.69, 9.17) is 16.3 Å². The van der Waals surface area contributed by atoms with Crippen molar-refractivity contribution in [1.29, 1.82) is 0 Å². The minimum absolute atomic E-state index is 0.00514. The van der Waals surface area contributed by atoms with Crippen LogP contribution in [0.15, 0.2) is 36.4 Å². The predicted octanol–water partition coefficient (Wildman–Crippen LogP) is 6.44. The predicted molar refractivity (Wildman–Crippen MR) is 131 cm³/mol. The summed E-state index contributed by atoms with van der Waals surface area (Å²) in [6, 6.07) is 8.06. The average Bonchev–Trinajstić information content (AvgIpc) is 3.03. The molecule has 2 N–H and O–H groups in total. The second-order valence-electron chi connectivity index (χ2n) is 9.32. The van der Waals surface area contributed by atoms with E-state index in [1.54, 1.807) is 0 Å². The first-order chi connectivity index (χ1) is 15.3. The monoisotopic (exact) mass is 464 g/mol. The molecule has 2 rings (SSSR count). The maximum Gasteiger partial charge on any atom is 0.306 e. The normalized spacial score (nSPS) is 24.3. The fourth-order valence-electron chi connectivity index (χ4n) is 4.58. The summed E-state index contributed by atoms with van der Waals surface area (Å²) in [5, 5.41) is 21.0. The molecule has 1 aliphatic rings. The number of alkyl halides is 1. The number of benzene rings is 1. The smallest absolute Gasteiger partial charge is 0.306 e. The van der Waals surface area contributed by atoms with E-state index in [0.29, 0.717) is 12.8 Å². The summed E-state index contributed by atoms with van der Waals surface area (Å²) in [4.78, 5) is 11.6. The fraction of sp³-hybridized carbons (Fsp3) is 0.667. The summed E-state index contributed by atoms with van der Waals surface area (Å²) < 4.78 is 5.15. The molecule has 32 heavy (non-hydrogen) atoms. The third kappa shape index (κ3) is 8.53. The maximum atomic E-state index is 11.6. The molecule has 0 aliphatic heterocycles. The summed E-state index contributed by atoms with van der Waals surface area (Å²) in [6.45, 7) is 5.87. The number of rotatable bonds is 13. The molecule has 1 aliphatic carbocycles. The number of carbonyl (C=O) groups is 1. The Labute approximate surface area is 199 Å². The Kier molecular flexibility index (Phi) is 11.8. The quantitative estimate of drug-likeness (QED) is 0.152. The van der Waals surface area contributed by atoms with Crippen molar-refractivity contribution >= 4 is 17.6 Å². The van der Waals surface area contributed by atoms with Crippen LogP contribution in [0.5, 0.6) is 0 Å². The number of hydrogen-bond donors (Lipinski definition) is 2. The molecule has 5 atom stereocenters. The molecule has 1 aromatic rings. The Hall–Kier alpha value is -1.36. The number of aliphatic hydroxyl groups excluding tert-OH is 2. The number of ether oxygens (including phenoxy) is 1. The molecule has 1 unspecified atom stereocenters. The molecule has 0 amide bonds. The molecule has 0 bridgehead atoms. The maximum absolute atomic E-state index is 11.6. The van der Waals surface area contributed by atoms with Crippen LogP contribution in [0, 0.1) is 5.92 Å². The van der Waals surface area contributed by atoms with E-state index in [0.717, 1.165) is 56.1 Å². The van der Waals surface area contributed by atoms with Gasteiger partial charge in [0.1, 0.15) is 0 Å². The number of carbonyl (C=O) groups excluding carboxylic acids is 1. The van der Waals surface area contributed by atoms with Crippen LogP contribution in [0.4, 0.5) is 0 Å². The highest BCUT2D eigenvalue weighted by atomic mass is 35.5. The van der Waals surface area contributed by atoms with Gasteiger partial charge in [-0.1, -0.05) is 62.6 Å². The minimum atomic E-state index is -0.456. The van der Waals surface area contributed by atoms with Gasteiger partial charge in [-0.05, 0) is 63.0 Å². The summed E-state index contributed by atoms with van der Waals surface area (Å²) in [5.74, 6) is 0.00994. The summed E-state index contributed by atoms with van der Waals surface area (Å²) in [5.41, 5.74) is 2.02. The zero-order chi connectivity index (χ0) is 23.5. The van der Waals surface area contributed by atoms with Gasteiger partial charge in [0.2, 0.25) is 0 Å². The molecule has 0 aromatic heterocycles. The van der Waals surface area contributed by atoms with E-state index in [1.165, 1.54) is 0 Å². The van der Waals surface area contributed by atoms with Crippen molar-refractivity contribution in [3.63, 3.8) is 0 Å². The van der Waals surface area contributed by atoms with Crippen LogP contribution in [0.3, 0.4) is 0 Å². The van der Waals surface area contributed by atoms with Gasteiger partial charge in [-0.15, -0.1) is 11.6 Å². The van der Waals surface area contributed by atoms with Crippen molar-refractivity contribution < 1.29 is 19.7 Å². The number of halogens is 1. The fourth-order valence-corrected chi connectivity index (χ4v) is 5.02. The molecule has 0 spiro atoms. The van der Waals surface area contributed by atoms with Crippen LogP contribution in [0.25, 0.3) is 0 Å². The molecule has 5 heteroatoms. The number of allylic oxidation sites excluding steroid dienone is 2. The van der Waals surface area contributed by atoms with Crippen molar-refractivity contribution in [1.82, 2.24) is 0 Å². The molecule has 180 valence electrons. The Morgan fingerprint density at radius 3 is 2.56 bits per heavy atom. The minimum Gasteiger partial charge on any atom is -0.463 e. The Morgan fingerprint density at radius 1 is 1.19 bits per heavy atom. The van der Waals surface area contributed by atoms with Gasteiger partial charge in [-0.25, -0.2) is 0 Å². The van der Waals surface area contributed by atoms with Crippen molar-refractivity contribution in [3.8, 4) is 0 Å². The van der Waals surface area contributed by atoms with E-state index < -0.39 is 12.2 Å². The van der Waals surface area contributed by atoms with Crippen molar-refractivity contribution in [2.75, 3.05) is 0 Å². The molecule has 0 heterocycles. The van der Waals surface area contributed by atoms with Crippen LogP contribution >= 0.6 is 11.6 Å². The summed E-state index contributed by atoms with van der Waals surface area (Å²) in [6.07, 6.45) is 10.8.